The van der Waals surface area contributed by atoms with Crippen LogP contribution in [0, 0.1) is 12.8 Å². The van der Waals surface area contributed by atoms with Gasteiger partial charge in [0, 0.05) is 31.2 Å². The van der Waals surface area contributed by atoms with Crippen molar-refractivity contribution in [3.63, 3.8) is 0 Å². The summed E-state index contributed by atoms with van der Waals surface area (Å²) in [5.74, 6) is 1.58. The monoisotopic (exact) mass is 328 g/mol. The largest absolute Gasteiger partial charge is 0.368 e. The molecule has 2 aromatic rings. The van der Waals surface area contributed by atoms with E-state index in [0.29, 0.717) is 36.3 Å². The fraction of sp³-hybridized carbons (Fsp3) is 0.529. The van der Waals surface area contributed by atoms with Gasteiger partial charge < -0.3 is 14.6 Å². The van der Waals surface area contributed by atoms with E-state index in [0.717, 1.165) is 25.0 Å². The predicted octanol–water partition coefficient (Wildman–Crippen LogP) is 2.16. The van der Waals surface area contributed by atoms with Crippen molar-refractivity contribution in [2.45, 2.75) is 38.2 Å². The van der Waals surface area contributed by atoms with Crippen LogP contribution in [0.1, 0.15) is 59.1 Å². The van der Waals surface area contributed by atoms with Crippen LogP contribution in [0.5, 0.6) is 0 Å². The molecule has 7 nitrogen and oxygen atoms in total. The second-order valence-corrected chi connectivity index (χ2v) is 6.44. The number of carbonyl (C=O) groups is 1. The lowest BCUT2D eigenvalue weighted by molar-refractivity contribution is 0.0613. The molecule has 3 heterocycles. The van der Waals surface area contributed by atoms with Crippen LogP contribution in [0.4, 0.5) is 0 Å². The predicted molar refractivity (Wildman–Crippen MR) is 84.4 cm³/mol. The lowest BCUT2D eigenvalue weighted by Gasteiger charge is -2.16. The summed E-state index contributed by atoms with van der Waals surface area (Å²) < 4.78 is 10.9. The minimum Gasteiger partial charge on any atom is -0.368 e. The molecule has 2 aliphatic rings. The normalized spacial score (nSPS) is 23.4. The molecule has 1 aliphatic carbocycles. The molecule has 4 rings (SSSR count). The van der Waals surface area contributed by atoms with Crippen molar-refractivity contribution in [3.05, 3.63) is 41.3 Å². The van der Waals surface area contributed by atoms with Crippen molar-refractivity contribution in [2.75, 3.05) is 13.2 Å². The van der Waals surface area contributed by atoms with Gasteiger partial charge in [0.05, 0.1) is 11.3 Å². The first kappa shape index (κ1) is 15.3. The molecule has 24 heavy (non-hydrogen) atoms. The van der Waals surface area contributed by atoms with Crippen LogP contribution in [0.3, 0.4) is 0 Å². The third-order valence-corrected chi connectivity index (χ3v) is 4.57. The van der Waals surface area contributed by atoms with Crippen LogP contribution < -0.4 is 5.32 Å². The zero-order valence-corrected chi connectivity index (χ0v) is 13.6. The highest BCUT2D eigenvalue weighted by Crippen LogP contribution is 2.40. The smallest absolute Gasteiger partial charge is 0.256 e. The van der Waals surface area contributed by atoms with E-state index in [9.17, 15) is 4.79 Å². The van der Waals surface area contributed by atoms with Gasteiger partial charge in [-0.1, -0.05) is 5.16 Å². The molecule has 1 amide bonds. The Morgan fingerprint density at radius 1 is 1.38 bits per heavy atom. The first-order valence-electron chi connectivity index (χ1n) is 8.37. The summed E-state index contributed by atoms with van der Waals surface area (Å²) in [6, 6.07) is 3.66. The third-order valence-electron chi connectivity index (χ3n) is 4.57. The number of carbonyl (C=O) groups excluding carboxylic acids is 1. The number of rotatable bonds is 5. The van der Waals surface area contributed by atoms with Crippen molar-refractivity contribution in [3.8, 4) is 0 Å². The summed E-state index contributed by atoms with van der Waals surface area (Å²) in [4.78, 5) is 21.2. The summed E-state index contributed by atoms with van der Waals surface area (Å²) in [5.41, 5.74) is 1.60. The van der Waals surface area contributed by atoms with Crippen molar-refractivity contribution < 1.29 is 14.1 Å². The minimum absolute atomic E-state index is 0.0719. The molecule has 126 valence electrons. The standard InChI is InChI=1S/C17H20N4O3/c1-10-20-17(24-21-10)15-12(6-8-23-15)9-19-16(22)13-3-2-7-18-14(13)11-4-5-11/h2-3,7,11-12,15H,4-6,8-9H2,1H3,(H,19,22)/t12-,15-/m0/s1. The zero-order valence-electron chi connectivity index (χ0n) is 13.6. The highest BCUT2D eigenvalue weighted by molar-refractivity contribution is 5.95. The van der Waals surface area contributed by atoms with Gasteiger partial charge in [0.1, 0.15) is 6.10 Å². The van der Waals surface area contributed by atoms with Crippen LogP contribution in [-0.4, -0.2) is 34.2 Å². The number of pyridine rings is 1. The van der Waals surface area contributed by atoms with Gasteiger partial charge in [0.15, 0.2) is 5.82 Å². The zero-order chi connectivity index (χ0) is 16.5. The maximum atomic E-state index is 12.6. The Balaban J connectivity index is 1.42. The third kappa shape index (κ3) is 3.03. The lowest BCUT2D eigenvalue weighted by atomic mass is 10.0. The summed E-state index contributed by atoms with van der Waals surface area (Å²) in [6.45, 7) is 2.93. The molecule has 0 radical (unpaired) electrons. The average molecular weight is 328 g/mol. The first-order valence-corrected chi connectivity index (χ1v) is 8.37. The van der Waals surface area contributed by atoms with Crippen LogP contribution in [-0.2, 0) is 4.74 Å². The number of ether oxygens (including phenoxy) is 1. The molecule has 0 bridgehead atoms. The summed E-state index contributed by atoms with van der Waals surface area (Å²) in [7, 11) is 0. The average Bonchev–Trinajstić information content (AvgIpc) is 3.19. The van der Waals surface area contributed by atoms with E-state index in [1.54, 1.807) is 13.1 Å². The van der Waals surface area contributed by atoms with E-state index in [1.165, 1.54) is 0 Å². The Morgan fingerprint density at radius 2 is 2.25 bits per heavy atom. The van der Waals surface area contributed by atoms with Crippen molar-refractivity contribution in [2.24, 2.45) is 5.92 Å². The fourth-order valence-electron chi connectivity index (χ4n) is 3.16. The number of aromatic nitrogens is 3. The number of hydrogen-bond donors (Lipinski definition) is 1. The van der Waals surface area contributed by atoms with Gasteiger partial charge in [0.25, 0.3) is 11.8 Å². The molecule has 1 N–H and O–H groups in total. The highest BCUT2D eigenvalue weighted by atomic mass is 16.5. The van der Waals surface area contributed by atoms with E-state index >= 15 is 0 Å². The SMILES string of the molecule is Cc1noc([C@H]2OCC[C@H]2CNC(=O)c2cccnc2C2CC2)n1. The van der Waals surface area contributed by atoms with Gasteiger partial charge in [-0.2, -0.15) is 4.98 Å². The maximum Gasteiger partial charge on any atom is 0.256 e. The summed E-state index contributed by atoms with van der Waals surface area (Å²) >= 11 is 0. The van der Waals surface area contributed by atoms with E-state index in [-0.39, 0.29) is 17.9 Å². The molecule has 1 saturated carbocycles. The molecule has 2 fully saturated rings. The Morgan fingerprint density at radius 3 is 3.00 bits per heavy atom. The Kier molecular flexibility index (Phi) is 4.02. The van der Waals surface area contributed by atoms with Gasteiger partial charge in [-0.25, -0.2) is 0 Å². The molecule has 0 aromatic carbocycles. The quantitative estimate of drug-likeness (QED) is 0.904. The number of aryl methyl sites for hydroxylation is 1. The Bertz CT molecular complexity index is 741. The molecule has 2 aromatic heterocycles. The lowest BCUT2D eigenvalue weighted by Crippen LogP contribution is -2.31. The molecule has 1 aliphatic heterocycles. The second kappa shape index (κ2) is 6.32. The van der Waals surface area contributed by atoms with Gasteiger partial charge >= 0.3 is 0 Å². The van der Waals surface area contributed by atoms with Crippen LogP contribution in [0.2, 0.25) is 0 Å². The van der Waals surface area contributed by atoms with Crippen LogP contribution in [0.15, 0.2) is 22.9 Å². The van der Waals surface area contributed by atoms with Crippen molar-refractivity contribution in [1.82, 2.24) is 20.4 Å². The summed E-state index contributed by atoms with van der Waals surface area (Å²) in [6.07, 6.45) is 4.60. The molecular formula is C17H20N4O3. The number of nitrogens with one attached hydrogen (secondary N) is 1. The first-order chi connectivity index (χ1) is 11.7. The Hall–Kier alpha value is -2.28. The molecule has 2 atom stereocenters. The second-order valence-electron chi connectivity index (χ2n) is 6.44. The molecule has 7 heteroatoms. The fourth-order valence-corrected chi connectivity index (χ4v) is 3.16. The van der Waals surface area contributed by atoms with Crippen molar-refractivity contribution >= 4 is 5.91 Å². The molecular weight excluding hydrogens is 308 g/mol. The van der Waals surface area contributed by atoms with E-state index in [1.807, 2.05) is 12.1 Å². The number of amides is 1. The van der Waals surface area contributed by atoms with Gasteiger partial charge in [-0.15, -0.1) is 0 Å². The highest BCUT2D eigenvalue weighted by Gasteiger charge is 2.35. The van der Waals surface area contributed by atoms with E-state index in [4.69, 9.17) is 9.26 Å². The van der Waals surface area contributed by atoms with E-state index in [2.05, 4.69) is 20.4 Å². The van der Waals surface area contributed by atoms with Gasteiger partial charge in [-0.05, 0) is 38.3 Å². The molecule has 0 unspecified atom stereocenters. The van der Waals surface area contributed by atoms with Crippen LogP contribution in [0.25, 0.3) is 0 Å². The van der Waals surface area contributed by atoms with Crippen LogP contribution >= 0.6 is 0 Å². The summed E-state index contributed by atoms with van der Waals surface area (Å²) in [5, 5.41) is 6.84. The maximum absolute atomic E-state index is 12.6. The van der Waals surface area contributed by atoms with E-state index < -0.39 is 0 Å². The van der Waals surface area contributed by atoms with Gasteiger partial charge in [0.2, 0.25) is 0 Å². The number of nitrogens with zero attached hydrogens (tertiary/aromatic N) is 3. The van der Waals surface area contributed by atoms with Gasteiger partial charge in [-0.3, -0.25) is 9.78 Å². The Labute approximate surface area is 139 Å². The number of hydrogen-bond acceptors (Lipinski definition) is 6. The topological polar surface area (TPSA) is 90.1 Å². The molecule has 0 spiro atoms. The van der Waals surface area contributed by atoms with Crippen molar-refractivity contribution in [1.29, 1.82) is 0 Å². The minimum atomic E-state index is -0.247. The molecule has 1 saturated heterocycles.